The van der Waals surface area contributed by atoms with Gasteiger partial charge in [-0.3, -0.25) is 0 Å². The number of hydrogen-bond donors (Lipinski definition) is 3. The van der Waals surface area contributed by atoms with Crippen LogP contribution in [0.15, 0.2) is 58.7 Å². The third kappa shape index (κ3) is 5.60. The minimum Gasteiger partial charge on any atom is -0.368 e. The molecule has 0 aliphatic heterocycles. The summed E-state index contributed by atoms with van der Waals surface area (Å²) >= 11 is 0. The van der Waals surface area contributed by atoms with Crippen molar-refractivity contribution in [2.24, 2.45) is 10.2 Å². The summed E-state index contributed by atoms with van der Waals surface area (Å²) in [5.41, 5.74) is 15.5. The van der Waals surface area contributed by atoms with Crippen LogP contribution in [0.1, 0.15) is 22.3 Å². The maximum absolute atomic E-state index is 5.71. The molecule has 0 atom stereocenters. The van der Waals surface area contributed by atoms with Crippen LogP contribution in [0.25, 0.3) is 0 Å². The molecular weight excluding hydrogens is 340 g/mol. The van der Waals surface area contributed by atoms with E-state index in [0.29, 0.717) is 0 Å². The van der Waals surface area contributed by atoms with Crippen molar-refractivity contribution in [2.75, 3.05) is 16.6 Å². The molecule has 1 aromatic heterocycles. The Morgan fingerprint density at radius 3 is 1.52 bits per heavy atom. The summed E-state index contributed by atoms with van der Waals surface area (Å²) in [7, 11) is 0. The molecule has 27 heavy (non-hydrogen) atoms. The van der Waals surface area contributed by atoms with Crippen LogP contribution in [0.5, 0.6) is 0 Å². The van der Waals surface area contributed by atoms with Crippen molar-refractivity contribution < 1.29 is 0 Å². The molecule has 136 valence electrons. The van der Waals surface area contributed by atoms with Crippen molar-refractivity contribution in [3.05, 3.63) is 70.8 Å². The van der Waals surface area contributed by atoms with Gasteiger partial charge < -0.3 is 5.73 Å². The molecule has 0 aliphatic rings. The van der Waals surface area contributed by atoms with Crippen LogP contribution in [0, 0.1) is 13.8 Å². The van der Waals surface area contributed by atoms with Gasteiger partial charge in [-0.15, -0.1) is 0 Å². The molecule has 0 bridgehead atoms. The van der Waals surface area contributed by atoms with Gasteiger partial charge in [-0.2, -0.15) is 25.2 Å². The van der Waals surface area contributed by atoms with Gasteiger partial charge in [0.2, 0.25) is 17.8 Å². The zero-order valence-electron chi connectivity index (χ0n) is 15.1. The average molecular weight is 360 g/mol. The smallest absolute Gasteiger partial charge is 0.250 e. The van der Waals surface area contributed by atoms with Crippen LogP contribution in [-0.2, 0) is 0 Å². The van der Waals surface area contributed by atoms with Gasteiger partial charge in [0.25, 0.3) is 0 Å². The zero-order valence-corrected chi connectivity index (χ0v) is 15.1. The van der Waals surface area contributed by atoms with Gasteiger partial charge in [0.1, 0.15) is 0 Å². The Kier molecular flexibility index (Phi) is 5.68. The highest BCUT2D eigenvalue weighted by Gasteiger charge is 2.02. The molecule has 0 aliphatic carbocycles. The van der Waals surface area contributed by atoms with Gasteiger partial charge >= 0.3 is 0 Å². The maximum atomic E-state index is 5.71. The molecule has 3 rings (SSSR count). The van der Waals surface area contributed by atoms with Gasteiger partial charge in [0.05, 0.1) is 12.4 Å². The van der Waals surface area contributed by atoms with E-state index in [1.165, 1.54) is 11.1 Å². The molecule has 2 aromatic carbocycles. The van der Waals surface area contributed by atoms with Crippen molar-refractivity contribution in [2.45, 2.75) is 13.8 Å². The normalized spacial score (nSPS) is 11.2. The summed E-state index contributed by atoms with van der Waals surface area (Å²) in [5.74, 6) is 0.504. The topological polar surface area (TPSA) is 113 Å². The second-order valence-corrected chi connectivity index (χ2v) is 5.90. The first-order chi connectivity index (χ1) is 13.1. The van der Waals surface area contributed by atoms with E-state index in [4.69, 9.17) is 5.73 Å². The standard InChI is InChI=1S/C19H20N8/c1-13-3-7-15(8-4-13)11-21-26-18-23-17(20)24-19(25-18)27-22-12-16-9-5-14(2)6-10-16/h3-12H,1-2H3,(H4,20,23,24,25,26,27)/b21-11+,22-12+. The SMILES string of the molecule is Cc1ccc(/C=N/Nc2nc(N)nc(N/N=C/c3ccc(C)cc3)n2)cc1. The fourth-order valence-corrected chi connectivity index (χ4v) is 2.13. The highest BCUT2D eigenvalue weighted by Crippen LogP contribution is 2.07. The van der Waals surface area contributed by atoms with Crippen molar-refractivity contribution >= 4 is 30.3 Å². The molecule has 0 saturated heterocycles. The van der Waals surface area contributed by atoms with Gasteiger partial charge in [0, 0.05) is 0 Å². The van der Waals surface area contributed by atoms with Crippen molar-refractivity contribution in [1.82, 2.24) is 15.0 Å². The van der Waals surface area contributed by atoms with Crippen LogP contribution in [0.4, 0.5) is 17.8 Å². The van der Waals surface area contributed by atoms with Crippen LogP contribution in [-0.4, -0.2) is 27.4 Å². The lowest BCUT2D eigenvalue weighted by Crippen LogP contribution is -2.06. The fourth-order valence-electron chi connectivity index (χ4n) is 2.13. The lowest BCUT2D eigenvalue weighted by Gasteiger charge is -2.03. The molecule has 0 saturated carbocycles. The third-order valence-electron chi connectivity index (χ3n) is 3.56. The summed E-state index contributed by atoms with van der Waals surface area (Å²) in [6, 6.07) is 15.9. The number of nitrogens with two attached hydrogens (primary N) is 1. The van der Waals surface area contributed by atoms with Gasteiger partial charge in [-0.1, -0.05) is 59.7 Å². The van der Waals surface area contributed by atoms with Gasteiger partial charge in [0.15, 0.2) is 0 Å². The van der Waals surface area contributed by atoms with E-state index in [1.807, 2.05) is 62.4 Å². The predicted octanol–water partition coefficient (Wildman–Crippen LogP) is 2.96. The molecule has 8 nitrogen and oxygen atoms in total. The molecule has 3 aromatic rings. The molecule has 8 heteroatoms. The molecule has 0 unspecified atom stereocenters. The predicted molar refractivity (Wildman–Crippen MR) is 109 cm³/mol. The lowest BCUT2D eigenvalue weighted by atomic mass is 10.2. The van der Waals surface area contributed by atoms with Crippen LogP contribution < -0.4 is 16.6 Å². The fraction of sp³-hybridized carbons (Fsp3) is 0.105. The Hall–Kier alpha value is -3.81. The summed E-state index contributed by atoms with van der Waals surface area (Å²) in [6.07, 6.45) is 3.34. The number of rotatable bonds is 6. The zero-order chi connectivity index (χ0) is 19.1. The highest BCUT2D eigenvalue weighted by molar-refractivity contribution is 5.80. The Bertz CT molecular complexity index is 871. The van der Waals surface area contributed by atoms with Crippen molar-refractivity contribution in [3.8, 4) is 0 Å². The van der Waals surface area contributed by atoms with E-state index >= 15 is 0 Å². The maximum Gasteiger partial charge on any atom is 0.250 e. The molecule has 1 heterocycles. The number of aromatic nitrogens is 3. The summed E-state index contributed by atoms with van der Waals surface area (Å²) < 4.78 is 0. The Morgan fingerprint density at radius 1 is 0.704 bits per heavy atom. The summed E-state index contributed by atoms with van der Waals surface area (Å²) in [5, 5.41) is 8.22. The van der Waals surface area contributed by atoms with Crippen LogP contribution >= 0.6 is 0 Å². The lowest BCUT2D eigenvalue weighted by molar-refractivity contribution is 1.03. The average Bonchev–Trinajstić information content (AvgIpc) is 2.65. The Morgan fingerprint density at radius 2 is 1.11 bits per heavy atom. The summed E-state index contributed by atoms with van der Waals surface area (Å²) in [6.45, 7) is 4.06. The number of hydrazone groups is 2. The number of nitrogens with one attached hydrogen (secondary N) is 2. The van der Waals surface area contributed by atoms with Crippen LogP contribution in [0.3, 0.4) is 0 Å². The molecule has 0 spiro atoms. The first kappa shape index (κ1) is 18.0. The number of nitrogen functional groups attached to an aromatic ring is 1. The first-order valence-electron chi connectivity index (χ1n) is 8.31. The van der Waals surface area contributed by atoms with E-state index in [9.17, 15) is 0 Å². The van der Waals surface area contributed by atoms with Gasteiger partial charge in [-0.05, 0) is 25.0 Å². The number of benzene rings is 2. The van der Waals surface area contributed by atoms with E-state index in [-0.39, 0.29) is 17.8 Å². The number of hydrogen-bond acceptors (Lipinski definition) is 8. The molecule has 0 amide bonds. The summed E-state index contributed by atoms with van der Waals surface area (Å²) in [4.78, 5) is 12.2. The Labute approximate surface area is 157 Å². The third-order valence-corrected chi connectivity index (χ3v) is 3.56. The second kappa shape index (κ2) is 8.52. The van der Waals surface area contributed by atoms with E-state index in [1.54, 1.807) is 12.4 Å². The van der Waals surface area contributed by atoms with Crippen molar-refractivity contribution in [1.29, 1.82) is 0 Å². The number of nitrogens with zero attached hydrogens (tertiary/aromatic N) is 5. The number of anilines is 3. The monoisotopic (exact) mass is 360 g/mol. The molecule has 0 radical (unpaired) electrons. The van der Waals surface area contributed by atoms with Crippen molar-refractivity contribution in [3.63, 3.8) is 0 Å². The largest absolute Gasteiger partial charge is 0.368 e. The first-order valence-corrected chi connectivity index (χ1v) is 8.31. The molecule has 0 fully saturated rings. The van der Waals surface area contributed by atoms with Crippen LogP contribution in [0.2, 0.25) is 0 Å². The van der Waals surface area contributed by atoms with E-state index in [0.717, 1.165) is 11.1 Å². The number of aryl methyl sites for hydroxylation is 2. The van der Waals surface area contributed by atoms with E-state index < -0.39 is 0 Å². The quantitative estimate of drug-likeness (QED) is 0.460. The van der Waals surface area contributed by atoms with Gasteiger partial charge in [-0.25, -0.2) is 10.9 Å². The highest BCUT2D eigenvalue weighted by atomic mass is 15.4. The molecule has 4 N–H and O–H groups in total. The van der Waals surface area contributed by atoms with E-state index in [2.05, 4.69) is 36.0 Å². The minimum absolute atomic E-state index is 0.0612. The Balaban J connectivity index is 1.63. The molecular formula is C19H20N8. The minimum atomic E-state index is 0.0612. The second-order valence-electron chi connectivity index (χ2n) is 5.90.